The summed E-state index contributed by atoms with van der Waals surface area (Å²) in [5, 5.41) is 12.7. The Bertz CT molecular complexity index is 290. The first-order chi connectivity index (χ1) is 8.53. The number of nitrogens with one attached hydrogen (secondary N) is 1. The fourth-order valence-corrected chi connectivity index (χ4v) is 3.42. The quantitative estimate of drug-likeness (QED) is 0.802. The molecule has 0 aromatic heterocycles. The molecule has 2 fully saturated rings. The summed E-state index contributed by atoms with van der Waals surface area (Å²) in [6, 6.07) is 0.615. The van der Waals surface area contributed by atoms with Gasteiger partial charge in [0.2, 0.25) is 0 Å². The molecule has 1 atom stereocenters. The second kappa shape index (κ2) is 5.57. The number of aliphatic carboxylic acids is 1. The van der Waals surface area contributed by atoms with E-state index < -0.39 is 11.5 Å². The van der Waals surface area contributed by atoms with Crippen molar-refractivity contribution >= 4 is 5.97 Å². The van der Waals surface area contributed by atoms with Gasteiger partial charge in [0, 0.05) is 6.04 Å². The number of piperidine rings is 1. The van der Waals surface area contributed by atoms with Crippen molar-refractivity contribution in [3.05, 3.63) is 0 Å². The number of rotatable bonds is 4. The first kappa shape index (κ1) is 13.8. The number of likely N-dealkylation sites (tertiary alicyclic amines) is 1. The molecule has 104 valence electrons. The molecule has 18 heavy (non-hydrogen) atoms. The molecule has 2 saturated heterocycles. The van der Waals surface area contributed by atoms with Gasteiger partial charge in [-0.3, -0.25) is 4.79 Å². The van der Waals surface area contributed by atoms with Crippen LogP contribution in [0.2, 0.25) is 0 Å². The van der Waals surface area contributed by atoms with Crippen molar-refractivity contribution in [1.82, 2.24) is 10.2 Å². The number of hydrogen-bond donors (Lipinski definition) is 2. The molecule has 2 heterocycles. The molecule has 2 aliphatic heterocycles. The van der Waals surface area contributed by atoms with Crippen LogP contribution in [0.4, 0.5) is 0 Å². The lowest BCUT2D eigenvalue weighted by molar-refractivity contribution is -0.145. The van der Waals surface area contributed by atoms with E-state index in [-0.39, 0.29) is 0 Å². The molecule has 1 unspecified atom stereocenters. The van der Waals surface area contributed by atoms with Gasteiger partial charge in [-0.05, 0) is 71.5 Å². The summed E-state index contributed by atoms with van der Waals surface area (Å²) >= 11 is 0. The zero-order valence-electron chi connectivity index (χ0n) is 11.6. The van der Waals surface area contributed by atoms with Crippen molar-refractivity contribution in [3.63, 3.8) is 0 Å². The molecule has 4 heteroatoms. The van der Waals surface area contributed by atoms with Gasteiger partial charge in [0.1, 0.15) is 5.54 Å². The molecule has 0 saturated carbocycles. The molecular formula is C14H26N2O2. The van der Waals surface area contributed by atoms with Crippen molar-refractivity contribution in [1.29, 1.82) is 0 Å². The summed E-state index contributed by atoms with van der Waals surface area (Å²) in [6.45, 7) is 7.57. The smallest absolute Gasteiger partial charge is 0.323 e. The lowest BCUT2D eigenvalue weighted by Gasteiger charge is -2.37. The highest BCUT2D eigenvalue weighted by molar-refractivity contribution is 5.79. The van der Waals surface area contributed by atoms with Crippen LogP contribution in [0.1, 0.15) is 46.0 Å². The molecule has 0 spiro atoms. The minimum Gasteiger partial charge on any atom is -0.480 e. The fourth-order valence-electron chi connectivity index (χ4n) is 3.42. The van der Waals surface area contributed by atoms with Crippen molar-refractivity contribution in [2.45, 2.75) is 57.5 Å². The normalized spacial score (nSPS) is 31.1. The maximum Gasteiger partial charge on any atom is 0.323 e. The second-order valence-corrected chi connectivity index (χ2v) is 6.19. The number of carboxylic acids is 1. The van der Waals surface area contributed by atoms with Crippen molar-refractivity contribution in [3.8, 4) is 0 Å². The largest absolute Gasteiger partial charge is 0.480 e. The maximum absolute atomic E-state index is 11.5. The van der Waals surface area contributed by atoms with E-state index in [1.807, 2.05) is 0 Å². The van der Waals surface area contributed by atoms with Crippen LogP contribution >= 0.6 is 0 Å². The molecule has 0 aliphatic carbocycles. The van der Waals surface area contributed by atoms with Crippen LogP contribution in [0.3, 0.4) is 0 Å². The van der Waals surface area contributed by atoms with E-state index in [4.69, 9.17) is 0 Å². The van der Waals surface area contributed by atoms with Gasteiger partial charge in [-0.25, -0.2) is 0 Å². The van der Waals surface area contributed by atoms with Gasteiger partial charge in [0.05, 0.1) is 0 Å². The Balaban J connectivity index is 1.88. The Kier molecular flexibility index (Phi) is 4.28. The fraction of sp³-hybridized carbons (Fsp3) is 0.929. The monoisotopic (exact) mass is 254 g/mol. The van der Waals surface area contributed by atoms with E-state index in [0.29, 0.717) is 12.0 Å². The Morgan fingerprint density at radius 3 is 2.56 bits per heavy atom. The summed E-state index contributed by atoms with van der Waals surface area (Å²) in [6.07, 6.45) is 4.90. The number of hydrogen-bond acceptors (Lipinski definition) is 3. The standard InChI is InChI=1S/C14H26N2O2/c1-11(2)16-8-4-12(5-9-16)10-14(13(17)18)6-3-7-15-14/h11-12,15H,3-10H2,1-2H3,(H,17,18). The second-order valence-electron chi connectivity index (χ2n) is 6.19. The van der Waals surface area contributed by atoms with Crippen molar-refractivity contribution in [2.24, 2.45) is 5.92 Å². The average molecular weight is 254 g/mol. The van der Waals surface area contributed by atoms with Gasteiger partial charge < -0.3 is 15.3 Å². The van der Waals surface area contributed by atoms with Crippen LogP contribution in [-0.4, -0.2) is 47.2 Å². The predicted molar refractivity (Wildman–Crippen MR) is 71.7 cm³/mol. The third-order valence-electron chi connectivity index (χ3n) is 4.67. The molecule has 0 bridgehead atoms. The van der Waals surface area contributed by atoms with Crippen LogP contribution in [0.5, 0.6) is 0 Å². The predicted octanol–water partition coefficient (Wildman–Crippen LogP) is 1.70. The molecular weight excluding hydrogens is 228 g/mol. The van der Waals surface area contributed by atoms with Crippen molar-refractivity contribution in [2.75, 3.05) is 19.6 Å². The van der Waals surface area contributed by atoms with Gasteiger partial charge in [-0.1, -0.05) is 0 Å². The Morgan fingerprint density at radius 1 is 1.44 bits per heavy atom. The highest BCUT2D eigenvalue weighted by atomic mass is 16.4. The summed E-state index contributed by atoms with van der Waals surface area (Å²) in [5.41, 5.74) is -0.620. The van der Waals surface area contributed by atoms with E-state index in [1.165, 1.54) is 0 Å². The number of carboxylic acid groups (broad SMARTS) is 1. The van der Waals surface area contributed by atoms with Crippen LogP contribution < -0.4 is 5.32 Å². The molecule has 2 aliphatic rings. The number of nitrogens with zero attached hydrogens (tertiary/aromatic N) is 1. The zero-order chi connectivity index (χ0) is 13.2. The van der Waals surface area contributed by atoms with Crippen molar-refractivity contribution < 1.29 is 9.90 Å². The van der Waals surface area contributed by atoms with Gasteiger partial charge in [-0.2, -0.15) is 0 Å². The molecule has 4 nitrogen and oxygen atoms in total. The summed E-state index contributed by atoms with van der Waals surface area (Å²) in [4.78, 5) is 14.0. The Labute approximate surface area is 110 Å². The molecule has 0 aromatic carbocycles. The SMILES string of the molecule is CC(C)N1CCC(CC2(C(=O)O)CCCN2)CC1. The maximum atomic E-state index is 11.5. The molecule has 2 rings (SSSR count). The summed E-state index contributed by atoms with van der Waals surface area (Å²) in [7, 11) is 0. The molecule has 0 radical (unpaired) electrons. The van der Waals surface area contributed by atoms with E-state index in [1.54, 1.807) is 0 Å². The van der Waals surface area contributed by atoms with Crippen LogP contribution in [-0.2, 0) is 4.79 Å². The molecule has 2 N–H and O–H groups in total. The van der Waals surface area contributed by atoms with E-state index in [9.17, 15) is 9.90 Å². The van der Waals surface area contributed by atoms with Crippen LogP contribution in [0.15, 0.2) is 0 Å². The average Bonchev–Trinajstić information content (AvgIpc) is 2.79. The lowest BCUT2D eigenvalue weighted by atomic mass is 9.81. The first-order valence-corrected chi connectivity index (χ1v) is 7.26. The first-order valence-electron chi connectivity index (χ1n) is 7.26. The number of carbonyl (C=O) groups is 1. The summed E-state index contributed by atoms with van der Waals surface area (Å²) in [5.74, 6) is -0.0759. The van der Waals surface area contributed by atoms with Gasteiger partial charge >= 0.3 is 5.97 Å². The van der Waals surface area contributed by atoms with Gasteiger partial charge in [0.25, 0.3) is 0 Å². The van der Waals surface area contributed by atoms with Crippen LogP contribution in [0.25, 0.3) is 0 Å². The Hall–Kier alpha value is -0.610. The third-order valence-corrected chi connectivity index (χ3v) is 4.67. The highest BCUT2D eigenvalue weighted by Gasteiger charge is 2.43. The summed E-state index contributed by atoms with van der Waals surface area (Å²) < 4.78 is 0. The topological polar surface area (TPSA) is 52.6 Å². The molecule has 0 amide bonds. The Morgan fingerprint density at radius 2 is 2.11 bits per heavy atom. The van der Waals surface area contributed by atoms with Gasteiger partial charge in [0.15, 0.2) is 0 Å². The third kappa shape index (κ3) is 2.86. The van der Waals surface area contributed by atoms with Crippen LogP contribution in [0, 0.1) is 5.92 Å². The highest BCUT2D eigenvalue weighted by Crippen LogP contribution is 2.32. The molecule has 0 aromatic rings. The minimum atomic E-state index is -0.647. The van der Waals surface area contributed by atoms with E-state index in [0.717, 1.165) is 51.7 Å². The van der Waals surface area contributed by atoms with Gasteiger partial charge in [-0.15, -0.1) is 0 Å². The zero-order valence-corrected chi connectivity index (χ0v) is 11.6. The lowest BCUT2D eigenvalue weighted by Crippen LogP contribution is -2.50. The minimum absolute atomic E-state index is 0.571. The van der Waals surface area contributed by atoms with E-state index in [2.05, 4.69) is 24.1 Å². The van der Waals surface area contributed by atoms with E-state index >= 15 is 0 Å².